The van der Waals surface area contributed by atoms with Crippen LogP contribution in [0.25, 0.3) is 0 Å². The lowest BCUT2D eigenvalue weighted by Crippen LogP contribution is -2.41. The van der Waals surface area contributed by atoms with Gasteiger partial charge in [0.2, 0.25) is 0 Å². The Bertz CT molecular complexity index is 1180. The topological polar surface area (TPSA) is 62.6 Å². The first kappa shape index (κ1) is 35.9. The van der Waals surface area contributed by atoms with Gasteiger partial charge in [0, 0.05) is 24.6 Å². The highest BCUT2D eigenvalue weighted by molar-refractivity contribution is 6.20. The molecule has 2 unspecified atom stereocenters. The van der Waals surface area contributed by atoms with E-state index < -0.39 is 5.41 Å². The normalized spacial score (nSPS) is 16.2. The van der Waals surface area contributed by atoms with Gasteiger partial charge in [0.1, 0.15) is 5.82 Å². The third kappa shape index (κ3) is 10.5. The maximum absolute atomic E-state index is 13.3. The Labute approximate surface area is 270 Å². The van der Waals surface area contributed by atoms with Gasteiger partial charge < -0.3 is 9.47 Å². The third-order valence-corrected chi connectivity index (χ3v) is 9.84. The van der Waals surface area contributed by atoms with Crippen molar-refractivity contribution in [2.75, 3.05) is 27.3 Å². The number of carbonyl (C=O) groups excluding carboxylic acids is 1. The molecule has 1 fully saturated rings. The number of methoxy groups -OCH3 is 2. The van der Waals surface area contributed by atoms with Crippen LogP contribution in [0.5, 0.6) is 11.5 Å². The molecule has 242 valence electrons. The van der Waals surface area contributed by atoms with Crippen molar-refractivity contribution in [3.63, 3.8) is 0 Å². The van der Waals surface area contributed by atoms with Gasteiger partial charge in [-0.05, 0) is 74.1 Å². The molecule has 1 saturated heterocycles. The number of nitriles is 1. The molecule has 1 heterocycles. The zero-order valence-corrected chi connectivity index (χ0v) is 27.8. The smallest absolute Gasteiger partial charge is 0.166 e. The van der Waals surface area contributed by atoms with Crippen LogP contribution in [0, 0.1) is 23.1 Å². The molecule has 0 aromatic heterocycles. The molecule has 1 aliphatic rings. The Hall–Kier alpha value is -2.62. The molecule has 0 N–H and O–H groups in total. The molecule has 0 spiro atoms. The van der Waals surface area contributed by atoms with Crippen molar-refractivity contribution in [2.45, 2.75) is 114 Å². The highest BCUT2D eigenvalue weighted by Crippen LogP contribution is 2.40. The molecule has 0 bridgehead atoms. The predicted octanol–water partition coefficient (Wildman–Crippen LogP) is 9.86. The summed E-state index contributed by atoms with van der Waals surface area (Å²) in [5.74, 6) is 0.931. The van der Waals surface area contributed by atoms with E-state index >= 15 is 0 Å². The van der Waals surface area contributed by atoms with Crippen LogP contribution in [0.2, 0.25) is 0 Å². The fourth-order valence-corrected chi connectivity index (χ4v) is 6.78. The summed E-state index contributed by atoms with van der Waals surface area (Å²) < 4.78 is 24.4. The molecule has 5 nitrogen and oxygen atoms in total. The Morgan fingerprint density at radius 1 is 0.932 bits per heavy atom. The molecule has 0 amide bonds. The number of hydrogen-bond donors (Lipinski definition) is 0. The lowest BCUT2D eigenvalue weighted by molar-refractivity contribution is 0.0823. The van der Waals surface area contributed by atoms with Crippen molar-refractivity contribution in [1.82, 2.24) is 4.90 Å². The Kier molecular flexibility index (Phi) is 15.5. The van der Waals surface area contributed by atoms with Crippen molar-refractivity contribution in [1.29, 1.82) is 5.26 Å². The van der Waals surface area contributed by atoms with E-state index in [0.29, 0.717) is 29.9 Å². The summed E-state index contributed by atoms with van der Waals surface area (Å²) in [7, 11) is 3.24. The fraction of sp³-hybridized carbons (Fsp3) is 0.622. The number of benzene rings is 2. The van der Waals surface area contributed by atoms with Crippen LogP contribution in [0.15, 0.2) is 42.5 Å². The molecule has 1 aliphatic heterocycles. The molecular formula is C37H52ClFN2O3. The first-order chi connectivity index (χ1) is 21.4. The Morgan fingerprint density at radius 3 is 2.09 bits per heavy atom. The van der Waals surface area contributed by atoms with E-state index in [4.69, 9.17) is 21.1 Å². The summed E-state index contributed by atoms with van der Waals surface area (Å²) in [6.07, 6.45) is 16.0. The highest BCUT2D eigenvalue weighted by atomic mass is 35.5. The monoisotopic (exact) mass is 626 g/mol. The summed E-state index contributed by atoms with van der Waals surface area (Å²) in [6, 6.07) is 14.4. The van der Waals surface area contributed by atoms with E-state index in [1.807, 2.05) is 18.2 Å². The van der Waals surface area contributed by atoms with E-state index in [1.54, 1.807) is 26.4 Å². The number of alkyl halides is 1. The number of Topliss-reactive ketones (excluding diaryl/α,β-unsaturated/α-hetero) is 1. The number of ketones is 1. The van der Waals surface area contributed by atoms with Crippen LogP contribution < -0.4 is 9.47 Å². The van der Waals surface area contributed by atoms with Crippen LogP contribution in [0.4, 0.5) is 4.39 Å². The molecule has 2 aromatic rings. The molecule has 2 aromatic carbocycles. The van der Waals surface area contributed by atoms with E-state index in [0.717, 1.165) is 50.8 Å². The average Bonchev–Trinajstić information content (AvgIpc) is 3.06. The van der Waals surface area contributed by atoms with E-state index in [-0.39, 0.29) is 23.0 Å². The third-order valence-electron chi connectivity index (χ3n) is 9.34. The van der Waals surface area contributed by atoms with Gasteiger partial charge in [0.15, 0.2) is 17.3 Å². The number of unbranched alkanes of at least 4 members (excludes halogenated alkanes) is 9. The summed E-state index contributed by atoms with van der Waals surface area (Å²) in [5, 5.41) is 10.7. The second-order valence-corrected chi connectivity index (χ2v) is 12.9. The number of likely N-dealkylation sites (tertiary alicyclic amines) is 1. The standard InChI is InChI=1S/C37H52ClFN2O3/c1-4-5-6-7-8-9-10-11-12-13-23-37(28-40,31-16-19-33(43-2)34(27-31)44-3)24-20-35(38)41-25-21-30(22-26-41)36(42)29-14-17-32(39)18-15-29/h14-19,27,30,35H,4-13,20-26H2,1-3H3. The predicted molar refractivity (Wildman–Crippen MR) is 177 cm³/mol. The van der Waals surface area contributed by atoms with Crippen LogP contribution in [-0.4, -0.2) is 43.5 Å². The lowest BCUT2D eigenvalue weighted by atomic mass is 9.73. The van der Waals surface area contributed by atoms with Crippen molar-refractivity contribution in [3.05, 3.63) is 59.4 Å². The Balaban J connectivity index is 1.59. The van der Waals surface area contributed by atoms with Crippen molar-refractivity contribution in [2.24, 2.45) is 5.92 Å². The van der Waals surface area contributed by atoms with E-state index in [2.05, 4.69) is 17.9 Å². The van der Waals surface area contributed by atoms with Gasteiger partial charge in [-0.15, -0.1) is 11.6 Å². The highest BCUT2D eigenvalue weighted by Gasteiger charge is 2.35. The number of nitrogens with zero attached hydrogens (tertiary/aromatic N) is 2. The SMILES string of the molecule is CCCCCCCCCCCCC(C#N)(CCC(Cl)N1CCC(C(=O)c2ccc(F)cc2)CC1)c1ccc(OC)c(OC)c1. The number of ether oxygens (including phenoxy) is 2. The van der Waals surface area contributed by atoms with Crippen LogP contribution in [0.1, 0.15) is 119 Å². The van der Waals surface area contributed by atoms with Gasteiger partial charge in [-0.1, -0.05) is 77.2 Å². The molecule has 0 saturated carbocycles. The number of piperidine rings is 1. The van der Waals surface area contributed by atoms with Crippen LogP contribution in [-0.2, 0) is 5.41 Å². The first-order valence-electron chi connectivity index (χ1n) is 16.7. The number of carbonyl (C=O) groups is 1. The maximum atomic E-state index is 13.3. The zero-order chi connectivity index (χ0) is 31.8. The van der Waals surface area contributed by atoms with Gasteiger partial charge in [0.05, 0.1) is 31.2 Å². The van der Waals surface area contributed by atoms with Gasteiger partial charge >= 0.3 is 0 Å². The molecular weight excluding hydrogens is 575 g/mol. The lowest BCUT2D eigenvalue weighted by Gasteiger charge is -2.36. The molecule has 3 rings (SSSR count). The van der Waals surface area contributed by atoms with E-state index in [1.165, 1.54) is 63.5 Å². The summed E-state index contributed by atoms with van der Waals surface area (Å²) in [6.45, 7) is 3.70. The van der Waals surface area contributed by atoms with Gasteiger partial charge in [-0.25, -0.2) is 4.39 Å². The largest absolute Gasteiger partial charge is 0.493 e. The quantitative estimate of drug-likeness (QED) is 0.0633. The van der Waals surface area contributed by atoms with Gasteiger partial charge in [-0.2, -0.15) is 5.26 Å². The van der Waals surface area contributed by atoms with Crippen LogP contribution in [0.3, 0.4) is 0 Å². The number of rotatable bonds is 20. The molecule has 44 heavy (non-hydrogen) atoms. The summed E-state index contributed by atoms with van der Waals surface area (Å²) in [4.78, 5) is 15.2. The summed E-state index contributed by atoms with van der Waals surface area (Å²) in [5.41, 5.74) is 0.607. The van der Waals surface area contributed by atoms with Crippen molar-refractivity contribution in [3.8, 4) is 17.6 Å². The minimum Gasteiger partial charge on any atom is -0.493 e. The van der Waals surface area contributed by atoms with Crippen LogP contribution >= 0.6 is 11.6 Å². The minimum absolute atomic E-state index is 0.0733. The fourth-order valence-electron chi connectivity index (χ4n) is 6.48. The van der Waals surface area contributed by atoms with Crippen molar-refractivity contribution >= 4 is 17.4 Å². The zero-order valence-electron chi connectivity index (χ0n) is 27.1. The number of hydrogen-bond acceptors (Lipinski definition) is 5. The van der Waals surface area contributed by atoms with Crippen molar-refractivity contribution < 1.29 is 18.7 Å². The minimum atomic E-state index is -0.677. The average molecular weight is 627 g/mol. The van der Waals surface area contributed by atoms with Gasteiger partial charge in [0.25, 0.3) is 0 Å². The first-order valence-corrected chi connectivity index (χ1v) is 17.1. The molecule has 0 radical (unpaired) electrons. The van der Waals surface area contributed by atoms with E-state index in [9.17, 15) is 14.4 Å². The second-order valence-electron chi connectivity index (χ2n) is 12.4. The van der Waals surface area contributed by atoms with Gasteiger partial charge in [-0.3, -0.25) is 9.69 Å². The molecule has 0 aliphatic carbocycles. The maximum Gasteiger partial charge on any atom is 0.166 e. The molecule has 2 atom stereocenters. The number of halogens is 2. The molecule has 7 heteroatoms. The Morgan fingerprint density at radius 2 is 1.52 bits per heavy atom. The summed E-state index contributed by atoms with van der Waals surface area (Å²) >= 11 is 6.99. The second kappa shape index (κ2) is 19.0.